The third-order valence-corrected chi connectivity index (χ3v) is 9.45. The Hall–Kier alpha value is -3.56. The highest BCUT2D eigenvalue weighted by atomic mass is 31.2. The van der Waals surface area contributed by atoms with Gasteiger partial charge in [0.05, 0.1) is 12.1 Å². The summed E-state index contributed by atoms with van der Waals surface area (Å²) in [4.78, 5) is 0. The highest BCUT2D eigenvalue weighted by Crippen LogP contribution is 2.47. The van der Waals surface area contributed by atoms with E-state index in [0.29, 0.717) is 38.1 Å². The Bertz CT molecular complexity index is 1500. The molecule has 5 rings (SSSR count). The highest BCUT2D eigenvalue weighted by Gasteiger charge is 2.36. The van der Waals surface area contributed by atoms with Crippen molar-refractivity contribution in [1.29, 1.82) is 0 Å². The lowest BCUT2D eigenvalue weighted by Crippen LogP contribution is -2.27. The van der Waals surface area contributed by atoms with Gasteiger partial charge in [0.1, 0.15) is 0 Å². The third-order valence-electron chi connectivity index (χ3n) is 6.33. The highest BCUT2D eigenvalue weighted by molar-refractivity contribution is 7.85. The summed E-state index contributed by atoms with van der Waals surface area (Å²) in [5.41, 5.74) is 1.87. The van der Waals surface area contributed by atoms with Crippen LogP contribution in [0.4, 0.5) is 13.2 Å². The number of alkyl halides is 3. The van der Waals surface area contributed by atoms with Gasteiger partial charge in [0.2, 0.25) is 0 Å². The molecule has 0 spiro atoms. The van der Waals surface area contributed by atoms with Crippen molar-refractivity contribution in [3.8, 4) is 11.3 Å². The number of para-hydroxylation sites is 1. The molecule has 1 heterocycles. The lowest BCUT2D eigenvalue weighted by Gasteiger charge is -2.23. The predicted octanol–water partition coefficient (Wildman–Crippen LogP) is 6.59. The summed E-state index contributed by atoms with van der Waals surface area (Å²) in [5, 5.41) is 2.34. The molecule has 0 saturated heterocycles. The number of rotatable bonds is 5. The molecule has 2 nitrogen and oxygen atoms in total. The molecule has 4 aromatic carbocycles. The maximum Gasteiger partial charge on any atom is 0.393 e. The van der Waals surface area contributed by atoms with Crippen molar-refractivity contribution in [2.75, 3.05) is 0 Å². The molecule has 5 aromatic rings. The number of benzene rings is 4. The summed E-state index contributed by atoms with van der Waals surface area (Å²) in [5.74, 6) is 0. The molecular formula is C29H23F3NOP. The van der Waals surface area contributed by atoms with E-state index < -0.39 is 19.7 Å². The smallest absolute Gasteiger partial charge is 0.343 e. The van der Waals surface area contributed by atoms with Gasteiger partial charge in [-0.3, -0.25) is 0 Å². The van der Waals surface area contributed by atoms with Crippen molar-refractivity contribution in [3.05, 3.63) is 115 Å². The first-order chi connectivity index (χ1) is 16.8. The average molecular weight is 489 g/mol. The molecule has 0 atom stereocenters. The van der Waals surface area contributed by atoms with E-state index in [1.807, 2.05) is 72.8 Å². The molecule has 0 radical (unpaired) electrons. The standard InChI is InChI=1S/C29H23F3NOP/c1-33-26-18-10-8-16-23(26)25(20-29(30,31)32)28(33)24-17-9-11-19-27(24)35(34,21-12-4-2-5-13-21)22-14-6-3-7-15-22/h2-19H,20H2,1H3. The molecular weight excluding hydrogens is 466 g/mol. The maximum absolute atomic E-state index is 15.1. The van der Waals surface area contributed by atoms with Crippen molar-refractivity contribution in [2.45, 2.75) is 12.6 Å². The first kappa shape index (κ1) is 23.2. The van der Waals surface area contributed by atoms with Crippen LogP contribution in [0.1, 0.15) is 5.56 Å². The summed E-state index contributed by atoms with van der Waals surface area (Å²) in [6.45, 7) is 0. The minimum Gasteiger partial charge on any atom is -0.343 e. The SMILES string of the molecule is Cn1c(-c2ccccc2P(=O)(c2ccccc2)c2ccccc2)c(CC(F)(F)F)c2ccccc21. The molecule has 0 N–H and O–H groups in total. The molecule has 176 valence electrons. The summed E-state index contributed by atoms with van der Waals surface area (Å²) >= 11 is 0. The first-order valence-corrected chi connectivity index (χ1v) is 13.0. The zero-order chi connectivity index (χ0) is 24.6. The zero-order valence-electron chi connectivity index (χ0n) is 19.0. The Balaban J connectivity index is 1.87. The van der Waals surface area contributed by atoms with E-state index in [4.69, 9.17) is 0 Å². The Labute approximate surface area is 202 Å². The van der Waals surface area contributed by atoms with Crippen molar-refractivity contribution in [3.63, 3.8) is 0 Å². The molecule has 0 bridgehead atoms. The van der Waals surface area contributed by atoms with Gasteiger partial charge in [-0.05, 0) is 11.6 Å². The van der Waals surface area contributed by atoms with Gasteiger partial charge in [-0.25, -0.2) is 0 Å². The van der Waals surface area contributed by atoms with Gasteiger partial charge in [-0.1, -0.05) is 103 Å². The van der Waals surface area contributed by atoms with Crippen molar-refractivity contribution in [2.24, 2.45) is 7.05 Å². The van der Waals surface area contributed by atoms with E-state index >= 15 is 4.57 Å². The average Bonchev–Trinajstić information content (AvgIpc) is 3.14. The summed E-state index contributed by atoms with van der Waals surface area (Å²) in [7, 11) is -1.64. The fourth-order valence-corrected chi connectivity index (χ4v) is 7.70. The van der Waals surface area contributed by atoms with E-state index in [2.05, 4.69) is 0 Å². The second-order valence-electron chi connectivity index (χ2n) is 8.49. The lowest BCUT2D eigenvalue weighted by molar-refractivity contribution is -0.126. The van der Waals surface area contributed by atoms with Crippen LogP contribution in [-0.4, -0.2) is 10.7 Å². The van der Waals surface area contributed by atoms with Gasteiger partial charge >= 0.3 is 6.18 Å². The monoisotopic (exact) mass is 489 g/mol. The Morgan fingerprint density at radius 3 is 1.83 bits per heavy atom. The first-order valence-electron chi connectivity index (χ1n) is 11.2. The van der Waals surface area contributed by atoms with E-state index in [9.17, 15) is 13.2 Å². The van der Waals surface area contributed by atoms with Gasteiger partial charge in [-0.15, -0.1) is 0 Å². The maximum atomic E-state index is 15.1. The van der Waals surface area contributed by atoms with E-state index in [0.717, 1.165) is 0 Å². The van der Waals surface area contributed by atoms with Gasteiger partial charge in [0, 0.05) is 39.4 Å². The quantitative estimate of drug-likeness (QED) is 0.255. The molecule has 0 aliphatic heterocycles. The van der Waals surface area contributed by atoms with Crippen LogP contribution in [0.2, 0.25) is 0 Å². The summed E-state index contributed by atoms with van der Waals surface area (Å²) < 4.78 is 58.2. The van der Waals surface area contributed by atoms with Crippen LogP contribution in [0, 0.1) is 0 Å². The van der Waals surface area contributed by atoms with Crippen molar-refractivity contribution >= 4 is 34.0 Å². The molecule has 1 aromatic heterocycles. The van der Waals surface area contributed by atoms with Crippen molar-refractivity contribution in [1.82, 2.24) is 4.57 Å². The number of aromatic nitrogens is 1. The molecule has 0 amide bonds. The molecule has 0 unspecified atom stereocenters. The topological polar surface area (TPSA) is 22.0 Å². The number of aryl methyl sites for hydroxylation is 1. The second-order valence-corrected chi connectivity index (χ2v) is 11.2. The van der Waals surface area contributed by atoms with Crippen LogP contribution >= 0.6 is 7.14 Å². The third kappa shape index (κ3) is 4.11. The van der Waals surface area contributed by atoms with Crippen LogP contribution in [0.5, 0.6) is 0 Å². The minimum atomic E-state index is -4.39. The largest absolute Gasteiger partial charge is 0.393 e. The fourth-order valence-electron chi connectivity index (χ4n) is 4.85. The zero-order valence-corrected chi connectivity index (χ0v) is 19.9. The molecule has 35 heavy (non-hydrogen) atoms. The fraction of sp³-hybridized carbons (Fsp3) is 0.103. The van der Waals surface area contributed by atoms with Gasteiger partial charge in [-0.2, -0.15) is 13.2 Å². The number of fused-ring (bicyclic) bond motifs is 1. The Morgan fingerprint density at radius 1 is 0.714 bits per heavy atom. The second kappa shape index (κ2) is 8.90. The van der Waals surface area contributed by atoms with E-state index in [-0.39, 0.29) is 5.56 Å². The van der Waals surface area contributed by atoms with Crippen LogP contribution < -0.4 is 15.9 Å². The van der Waals surface area contributed by atoms with E-state index in [1.165, 1.54) is 0 Å². The molecule has 0 aliphatic rings. The lowest BCUT2D eigenvalue weighted by atomic mass is 10.0. The molecule has 0 aliphatic carbocycles. The predicted molar refractivity (Wildman–Crippen MR) is 138 cm³/mol. The molecule has 6 heteroatoms. The summed E-state index contributed by atoms with van der Waals surface area (Å²) in [6.07, 6.45) is -5.46. The Morgan fingerprint density at radius 2 is 1.23 bits per heavy atom. The van der Waals surface area contributed by atoms with E-state index in [1.54, 1.807) is 48.0 Å². The van der Waals surface area contributed by atoms with Crippen LogP contribution in [0.3, 0.4) is 0 Å². The number of nitrogens with zero attached hydrogens (tertiary/aromatic N) is 1. The van der Waals surface area contributed by atoms with Crippen LogP contribution in [0.25, 0.3) is 22.2 Å². The van der Waals surface area contributed by atoms with Gasteiger partial charge in [0.25, 0.3) is 0 Å². The number of halogens is 3. The normalized spacial score (nSPS) is 12.2. The number of hydrogen-bond donors (Lipinski definition) is 0. The van der Waals surface area contributed by atoms with Crippen LogP contribution in [0.15, 0.2) is 109 Å². The van der Waals surface area contributed by atoms with Crippen LogP contribution in [-0.2, 0) is 18.0 Å². The van der Waals surface area contributed by atoms with Gasteiger partial charge < -0.3 is 9.13 Å². The molecule has 0 fully saturated rings. The minimum absolute atomic E-state index is 0.190. The van der Waals surface area contributed by atoms with Crippen molar-refractivity contribution < 1.29 is 17.7 Å². The Kier molecular flexibility index (Phi) is 5.90. The number of hydrogen-bond acceptors (Lipinski definition) is 1. The molecule has 0 saturated carbocycles. The summed E-state index contributed by atoms with van der Waals surface area (Å²) in [6, 6.07) is 32.6. The van der Waals surface area contributed by atoms with Gasteiger partial charge in [0.15, 0.2) is 7.14 Å².